The van der Waals surface area contributed by atoms with Crippen LogP contribution in [0.15, 0.2) is 23.6 Å². The number of phenols is 1. The lowest BCUT2D eigenvalue weighted by atomic mass is 9.98. The first-order valence-electron chi connectivity index (χ1n) is 4.41. The zero-order chi connectivity index (χ0) is 10.3. The molecule has 0 fully saturated rings. The summed E-state index contributed by atoms with van der Waals surface area (Å²) in [5.74, 6) is 0.237. The summed E-state index contributed by atoms with van der Waals surface area (Å²) in [5.41, 5.74) is 0.0138. The average Bonchev–Trinajstić information content (AvgIpc) is 2.45. The van der Waals surface area contributed by atoms with Crippen molar-refractivity contribution in [2.24, 2.45) is 0 Å². The third-order valence-corrected chi connectivity index (χ3v) is 3.18. The topological polar surface area (TPSA) is 40.5 Å². The molecule has 0 saturated carbocycles. The number of benzene rings is 1. The Bertz CT molecular complexity index is 466. The van der Waals surface area contributed by atoms with E-state index < -0.39 is 5.60 Å². The molecule has 0 atom stereocenters. The van der Waals surface area contributed by atoms with Crippen LogP contribution in [0.3, 0.4) is 0 Å². The molecule has 0 unspecified atom stereocenters. The Morgan fingerprint density at radius 2 is 2.00 bits per heavy atom. The van der Waals surface area contributed by atoms with Gasteiger partial charge in [0.25, 0.3) is 0 Å². The summed E-state index contributed by atoms with van der Waals surface area (Å²) in [5, 5.41) is 22.1. The second kappa shape index (κ2) is 2.97. The third-order valence-electron chi connectivity index (χ3n) is 2.22. The second-order valence-corrected chi connectivity index (χ2v) is 4.80. The maximum absolute atomic E-state index is 9.89. The van der Waals surface area contributed by atoms with E-state index in [2.05, 4.69) is 0 Å². The molecule has 0 amide bonds. The van der Waals surface area contributed by atoms with Gasteiger partial charge in [0.2, 0.25) is 0 Å². The molecule has 0 saturated heterocycles. The molecule has 2 aromatic rings. The minimum atomic E-state index is -0.855. The first-order valence-corrected chi connectivity index (χ1v) is 5.29. The van der Waals surface area contributed by atoms with E-state index in [0.29, 0.717) is 0 Å². The number of fused-ring (bicyclic) bond motifs is 1. The van der Waals surface area contributed by atoms with Gasteiger partial charge < -0.3 is 10.2 Å². The van der Waals surface area contributed by atoms with Gasteiger partial charge in [0, 0.05) is 15.6 Å². The summed E-state index contributed by atoms with van der Waals surface area (Å²) in [6, 6.07) is 5.22. The average molecular weight is 208 g/mol. The van der Waals surface area contributed by atoms with Crippen molar-refractivity contribution in [3.63, 3.8) is 0 Å². The maximum Gasteiger partial charge on any atom is 0.116 e. The monoisotopic (exact) mass is 208 g/mol. The number of aliphatic hydroxyl groups is 1. The van der Waals surface area contributed by atoms with Gasteiger partial charge in [-0.25, -0.2) is 0 Å². The van der Waals surface area contributed by atoms with Crippen LogP contribution in [0, 0.1) is 0 Å². The highest BCUT2D eigenvalue weighted by Gasteiger charge is 2.20. The first-order chi connectivity index (χ1) is 6.48. The summed E-state index contributed by atoms with van der Waals surface area (Å²) in [4.78, 5) is 0. The van der Waals surface area contributed by atoms with Crippen LogP contribution in [0.1, 0.15) is 19.4 Å². The molecule has 3 heteroatoms. The number of hydrogen-bond donors (Lipinski definition) is 2. The maximum atomic E-state index is 9.89. The van der Waals surface area contributed by atoms with E-state index in [4.69, 9.17) is 0 Å². The Morgan fingerprint density at radius 1 is 1.29 bits per heavy atom. The molecule has 1 heterocycles. The first kappa shape index (κ1) is 9.49. The molecule has 0 aliphatic carbocycles. The van der Waals surface area contributed by atoms with Crippen molar-refractivity contribution >= 4 is 21.4 Å². The molecule has 74 valence electrons. The molecular formula is C11H12O2S. The van der Waals surface area contributed by atoms with Crippen molar-refractivity contribution in [2.45, 2.75) is 19.4 Å². The zero-order valence-electron chi connectivity index (χ0n) is 8.11. The quantitative estimate of drug-likeness (QED) is 0.756. The predicted octanol–water partition coefficient (Wildman–Crippen LogP) is 2.83. The van der Waals surface area contributed by atoms with Crippen molar-refractivity contribution < 1.29 is 10.2 Å². The van der Waals surface area contributed by atoms with Crippen LogP contribution in [0.2, 0.25) is 0 Å². The second-order valence-electron chi connectivity index (χ2n) is 3.89. The Balaban J connectivity index is 2.73. The minimum absolute atomic E-state index is 0.237. The van der Waals surface area contributed by atoms with E-state index in [1.807, 2.05) is 11.4 Å². The highest BCUT2D eigenvalue weighted by atomic mass is 32.1. The normalized spacial score (nSPS) is 12.2. The van der Waals surface area contributed by atoms with Gasteiger partial charge in [-0.2, -0.15) is 0 Å². The van der Waals surface area contributed by atoms with Crippen molar-refractivity contribution in [1.82, 2.24) is 0 Å². The van der Waals surface area contributed by atoms with E-state index in [-0.39, 0.29) is 5.75 Å². The largest absolute Gasteiger partial charge is 0.508 e. The Labute approximate surface area is 86.4 Å². The van der Waals surface area contributed by atoms with Crippen LogP contribution in [0.25, 0.3) is 10.1 Å². The molecule has 1 aromatic heterocycles. The zero-order valence-corrected chi connectivity index (χ0v) is 8.93. The number of aromatic hydroxyl groups is 1. The molecule has 0 radical (unpaired) electrons. The lowest BCUT2D eigenvalue weighted by molar-refractivity contribution is 0.0806. The molecular weight excluding hydrogens is 196 g/mol. The molecule has 2 nitrogen and oxygen atoms in total. The lowest BCUT2D eigenvalue weighted by Gasteiger charge is -2.16. The number of phenolic OH excluding ortho intramolecular Hbond substituents is 1. The van der Waals surface area contributed by atoms with Crippen LogP contribution < -0.4 is 0 Å². The van der Waals surface area contributed by atoms with E-state index in [0.717, 1.165) is 15.6 Å². The van der Waals surface area contributed by atoms with Crippen LogP contribution in [0.5, 0.6) is 5.75 Å². The fourth-order valence-electron chi connectivity index (χ4n) is 1.49. The Hall–Kier alpha value is -1.06. The van der Waals surface area contributed by atoms with E-state index >= 15 is 0 Å². The van der Waals surface area contributed by atoms with Gasteiger partial charge in [-0.3, -0.25) is 0 Å². The summed E-state index contributed by atoms with van der Waals surface area (Å²) in [6.07, 6.45) is 0. The van der Waals surface area contributed by atoms with Crippen molar-refractivity contribution in [3.8, 4) is 5.75 Å². The Morgan fingerprint density at radius 3 is 2.64 bits per heavy atom. The van der Waals surface area contributed by atoms with Crippen LogP contribution in [-0.2, 0) is 5.60 Å². The molecule has 0 spiro atoms. The van der Waals surface area contributed by atoms with Gasteiger partial charge in [0.1, 0.15) is 5.75 Å². The molecule has 0 aliphatic rings. The molecule has 2 rings (SSSR count). The fraction of sp³-hybridized carbons (Fsp3) is 0.273. The van der Waals surface area contributed by atoms with Crippen molar-refractivity contribution in [3.05, 3.63) is 29.1 Å². The SMILES string of the molecule is CC(C)(O)c1csc2ccc(O)cc12. The summed E-state index contributed by atoms with van der Waals surface area (Å²) in [7, 11) is 0. The van der Waals surface area contributed by atoms with E-state index in [9.17, 15) is 10.2 Å². The summed E-state index contributed by atoms with van der Waals surface area (Å²) in [6.45, 7) is 3.50. The molecule has 1 aromatic carbocycles. The van der Waals surface area contributed by atoms with E-state index in [1.165, 1.54) is 0 Å². The van der Waals surface area contributed by atoms with Crippen LogP contribution in [-0.4, -0.2) is 10.2 Å². The van der Waals surface area contributed by atoms with Gasteiger partial charge in [0.05, 0.1) is 5.60 Å². The van der Waals surface area contributed by atoms with Gasteiger partial charge in [-0.1, -0.05) is 0 Å². The van der Waals surface area contributed by atoms with Crippen LogP contribution in [0.4, 0.5) is 0 Å². The standard InChI is InChI=1S/C11H12O2S/c1-11(2,13)9-6-14-10-4-3-7(12)5-8(9)10/h3-6,12-13H,1-2H3. The minimum Gasteiger partial charge on any atom is -0.508 e. The molecule has 14 heavy (non-hydrogen) atoms. The predicted molar refractivity (Wildman–Crippen MR) is 58.7 cm³/mol. The van der Waals surface area contributed by atoms with Gasteiger partial charge in [-0.05, 0) is 37.4 Å². The van der Waals surface area contributed by atoms with Crippen molar-refractivity contribution in [1.29, 1.82) is 0 Å². The van der Waals surface area contributed by atoms with E-state index in [1.54, 1.807) is 37.3 Å². The Kier molecular flexibility index (Phi) is 2.01. The van der Waals surface area contributed by atoms with Gasteiger partial charge >= 0.3 is 0 Å². The third kappa shape index (κ3) is 1.49. The fourth-order valence-corrected chi connectivity index (χ4v) is 2.59. The smallest absolute Gasteiger partial charge is 0.116 e. The molecule has 0 bridgehead atoms. The summed E-state index contributed by atoms with van der Waals surface area (Å²) >= 11 is 1.58. The van der Waals surface area contributed by atoms with Gasteiger partial charge in [-0.15, -0.1) is 11.3 Å². The van der Waals surface area contributed by atoms with Gasteiger partial charge in [0.15, 0.2) is 0 Å². The summed E-state index contributed by atoms with van der Waals surface area (Å²) < 4.78 is 1.08. The number of thiophene rings is 1. The lowest BCUT2D eigenvalue weighted by Crippen LogP contribution is -2.14. The number of rotatable bonds is 1. The molecule has 2 N–H and O–H groups in total. The highest BCUT2D eigenvalue weighted by molar-refractivity contribution is 7.17. The van der Waals surface area contributed by atoms with Crippen molar-refractivity contribution in [2.75, 3.05) is 0 Å². The highest BCUT2D eigenvalue weighted by Crippen LogP contribution is 2.34. The van der Waals surface area contributed by atoms with Crippen LogP contribution >= 0.6 is 11.3 Å². The molecule has 0 aliphatic heterocycles. The number of hydrogen-bond acceptors (Lipinski definition) is 3.